The molecule has 2 N–H and O–H groups in total. The van der Waals surface area contributed by atoms with Crippen LogP contribution in [0, 0.1) is 0 Å². The van der Waals surface area contributed by atoms with Gasteiger partial charge in [0.15, 0.2) is 0 Å². The van der Waals surface area contributed by atoms with Gasteiger partial charge in [0.1, 0.15) is 11.5 Å². The second kappa shape index (κ2) is 11.7. The van der Waals surface area contributed by atoms with Crippen molar-refractivity contribution < 1.29 is 14.7 Å². The summed E-state index contributed by atoms with van der Waals surface area (Å²) in [6.07, 6.45) is 7.42. The number of amides is 1. The summed E-state index contributed by atoms with van der Waals surface area (Å²) >= 11 is 1.67. The van der Waals surface area contributed by atoms with Crippen LogP contribution in [0.2, 0.25) is 0 Å². The van der Waals surface area contributed by atoms with Crippen LogP contribution in [0.15, 0.2) is 34.6 Å². The van der Waals surface area contributed by atoms with Gasteiger partial charge in [-0.3, -0.25) is 14.0 Å². The zero-order valence-corrected chi connectivity index (χ0v) is 23.1. The Hall–Kier alpha value is -3.57. The number of aliphatic carboxylic acids is 1. The molecule has 0 aliphatic carbocycles. The number of nitrogens with one attached hydrogen (secondary N) is 1. The number of carboxylic acids is 1. The van der Waals surface area contributed by atoms with Crippen LogP contribution in [-0.4, -0.2) is 75.0 Å². The SMILES string of the molecule is CC(C)c1csc(CCc2ccn3c(=O)c(/C=C/C(=O)O)c(N4CCN(C(=O)C5CCCN5)CC4)nc3c2)n1. The van der Waals surface area contributed by atoms with Crippen molar-refractivity contribution in [1.82, 2.24) is 24.6 Å². The lowest BCUT2D eigenvalue weighted by atomic mass is 10.1. The number of aryl methyl sites for hydroxylation is 2. The highest BCUT2D eigenvalue weighted by molar-refractivity contribution is 7.09. The molecule has 0 spiro atoms. The first-order valence-electron chi connectivity index (χ1n) is 13.5. The lowest BCUT2D eigenvalue weighted by Crippen LogP contribution is -2.53. The molecule has 0 aromatic carbocycles. The predicted octanol–water partition coefficient (Wildman–Crippen LogP) is 2.56. The van der Waals surface area contributed by atoms with E-state index in [-0.39, 0.29) is 23.1 Å². The summed E-state index contributed by atoms with van der Waals surface area (Å²) in [7, 11) is 0. The van der Waals surface area contributed by atoms with Gasteiger partial charge in [-0.2, -0.15) is 0 Å². The number of piperazine rings is 1. The second-order valence-electron chi connectivity index (χ2n) is 10.4. The van der Waals surface area contributed by atoms with Crippen LogP contribution in [0.1, 0.15) is 54.4 Å². The number of nitrogens with zero attached hydrogens (tertiary/aromatic N) is 5. The van der Waals surface area contributed by atoms with Gasteiger partial charge < -0.3 is 20.2 Å². The number of hydrogen-bond donors (Lipinski definition) is 2. The summed E-state index contributed by atoms with van der Waals surface area (Å²) < 4.78 is 1.46. The van der Waals surface area contributed by atoms with E-state index in [9.17, 15) is 19.5 Å². The molecule has 0 saturated carbocycles. The van der Waals surface area contributed by atoms with E-state index in [2.05, 4.69) is 24.5 Å². The summed E-state index contributed by atoms with van der Waals surface area (Å²) in [5.41, 5.74) is 2.56. The van der Waals surface area contributed by atoms with Gasteiger partial charge in [0.2, 0.25) is 5.91 Å². The maximum absolute atomic E-state index is 13.5. The smallest absolute Gasteiger partial charge is 0.328 e. The van der Waals surface area contributed by atoms with Gasteiger partial charge in [-0.1, -0.05) is 13.8 Å². The van der Waals surface area contributed by atoms with Gasteiger partial charge in [0, 0.05) is 50.3 Å². The third-order valence-electron chi connectivity index (χ3n) is 7.34. The Labute approximate surface area is 231 Å². The van der Waals surface area contributed by atoms with Crippen LogP contribution in [0.25, 0.3) is 11.7 Å². The van der Waals surface area contributed by atoms with Gasteiger partial charge in [0.05, 0.1) is 22.3 Å². The molecule has 2 aliphatic heterocycles. The molecule has 5 rings (SSSR count). The highest BCUT2D eigenvalue weighted by Gasteiger charge is 2.30. The number of rotatable bonds is 8. The van der Waals surface area contributed by atoms with E-state index >= 15 is 0 Å². The van der Waals surface area contributed by atoms with E-state index in [1.807, 2.05) is 21.9 Å². The number of aromatic nitrogens is 3. The third kappa shape index (κ3) is 6.04. The molecule has 1 unspecified atom stereocenters. The van der Waals surface area contributed by atoms with Crippen molar-refractivity contribution in [3.8, 4) is 0 Å². The summed E-state index contributed by atoms with van der Waals surface area (Å²) in [5.74, 6) is -0.172. The van der Waals surface area contributed by atoms with Crippen LogP contribution >= 0.6 is 11.3 Å². The van der Waals surface area contributed by atoms with E-state index < -0.39 is 5.97 Å². The summed E-state index contributed by atoms with van der Waals surface area (Å²) in [6.45, 7) is 7.19. The maximum Gasteiger partial charge on any atom is 0.328 e. The van der Waals surface area contributed by atoms with Gasteiger partial charge in [0.25, 0.3) is 5.56 Å². The van der Waals surface area contributed by atoms with E-state index in [0.29, 0.717) is 43.6 Å². The quantitative estimate of drug-likeness (QED) is 0.411. The first-order valence-corrected chi connectivity index (χ1v) is 14.4. The molecule has 2 fully saturated rings. The van der Waals surface area contributed by atoms with Gasteiger partial charge in [-0.15, -0.1) is 11.3 Å². The number of fused-ring (bicyclic) bond motifs is 1. The Balaban J connectivity index is 1.40. The van der Waals surface area contributed by atoms with Crippen molar-refractivity contribution in [2.75, 3.05) is 37.6 Å². The van der Waals surface area contributed by atoms with Crippen LogP contribution in [0.5, 0.6) is 0 Å². The molecule has 3 aromatic rings. The molecule has 2 aliphatic rings. The lowest BCUT2D eigenvalue weighted by Gasteiger charge is -2.37. The Morgan fingerprint density at radius 3 is 2.67 bits per heavy atom. The Bertz CT molecular complexity index is 1450. The van der Waals surface area contributed by atoms with Crippen LogP contribution in [-0.2, 0) is 22.4 Å². The molecule has 206 valence electrons. The minimum absolute atomic E-state index is 0.117. The Morgan fingerprint density at radius 1 is 1.21 bits per heavy atom. The summed E-state index contributed by atoms with van der Waals surface area (Å²) in [4.78, 5) is 51.0. The minimum Gasteiger partial charge on any atom is -0.478 e. The number of pyridine rings is 1. The van der Waals surface area contributed by atoms with Crippen LogP contribution < -0.4 is 15.8 Å². The number of hydrogen-bond acceptors (Lipinski definition) is 8. The van der Waals surface area contributed by atoms with Gasteiger partial charge in [-0.25, -0.2) is 14.8 Å². The van der Waals surface area contributed by atoms with Crippen molar-refractivity contribution in [2.24, 2.45) is 0 Å². The fourth-order valence-electron chi connectivity index (χ4n) is 5.09. The first kappa shape index (κ1) is 27.0. The number of thiazole rings is 1. The zero-order chi connectivity index (χ0) is 27.5. The molecule has 10 nitrogen and oxygen atoms in total. The molecular weight excluding hydrogens is 516 g/mol. The van der Waals surface area contributed by atoms with Gasteiger partial charge >= 0.3 is 5.97 Å². The molecule has 3 aromatic heterocycles. The maximum atomic E-state index is 13.5. The standard InChI is InChI=1S/C28H34N6O4S/c1-18(2)22-17-39-24(30-22)7-5-19-9-11-34-23(16-19)31-26(20(27(34)37)6-8-25(35)36)32-12-14-33(15-13-32)28(38)21-4-3-10-29-21/h6,8-9,11,16-18,21,29H,3-5,7,10,12-15H2,1-2H3,(H,35,36)/b8-6+. The normalized spacial score (nSPS) is 18.1. The Kier molecular flexibility index (Phi) is 8.08. The van der Waals surface area contributed by atoms with Crippen LogP contribution in [0.3, 0.4) is 0 Å². The third-order valence-corrected chi connectivity index (χ3v) is 8.27. The largest absolute Gasteiger partial charge is 0.478 e. The highest BCUT2D eigenvalue weighted by Crippen LogP contribution is 2.22. The van der Waals surface area contributed by atoms with Crippen molar-refractivity contribution in [3.63, 3.8) is 0 Å². The molecule has 0 radical (unpaired) electrons. The summed E-state index contributed by atoms with van der Waals surface area (Å²) in [6, 6.07) is 3.70. The highest BCUT2D eigenvalue weighted by atomic mass is 32.1. The predicted molar refractivity (Wildman–Crippen MR) is 152 cm³/mol. The number of carboxylic acid groups (broad SMARTS) is 1. The monoisotopic (exact) mass is 550 g/mol. The average molecular weight is 551 g/mol. The zero-order valence-electron chi connectivity index (χ0n) is 22.3. The van der Waals surface area contributed by atoms with E-state index in [0.717, 1.165) is 54.6 Å². The molecule has 0 bridgehead atoms. The van der Waals surface area contributed by atoms with Crippen molar-refractivity contribution in [3.05, 3.63) is 62.0 Å². The van der Waals surface area contributed by atoms with Gasteiger partial charge in [-0.05, 0) is 55.5 Å². The fraction of sp³-hybridized carbons (Fsp3) is 0.464. The van der Waals surface area contributed by atoms with Crippen LogP contribution in [0.4, 0.5) is 5.82 Å². The molecule has 39 heavy (non-hydrogen) atoms. The fourth-order valence-corrected chi connectivity index (χ4v) is 6.05. The van der Waals surface area contributed by atoms with E-state index in [4.69, 9.17) is 9.97 Å². The van der Waals surface area contributed by atoms with E-state index in [1.165, 1.54) is 10.5 Å². The second-order valence-corrected chi connectivity index (χ2v) is 11.3. The number of anilines is 1. The Morgan fingerprint density at radius 2 is 2.00 bits per heavy atom. The summed E-state index contributed by atoms with van der Waals surface area (Å²) in [5, 5.41) is 15.7. The molecule has 2 saturated heterocycles. The average Bonchev–Trinajstić information content (AvgIpc) is 3.64. The molecule has 1 amide bonds. The topological polar surface area (TPSA) is 120 Å². The minimum atomic E-state index is -1.14. The first-order chi connectivity index (χ1) is 18.8. The van der Waals surface area contributed by atoms with Crippen molar-refractivity contribution in [2.45, 2.75) is 51.5 Å². The van der Waals surface area contributed by atoms with Crippen molar-refractivity contribution >= 4 is 40.8 Å². The molecule has 5 heterocycles. The number of carbonyl (C=O) groups is 2. The molecular formula is C28H34N6O4S. The number of carbonyl (C=O) groups excluding carboxylic acids is 1. The lowest BCUT2D eigenvalue weighted by molar-refractivity contribution is -0.133. The van der Waals surface area contributed by atoms with E-state index in [1.54, 1.807) is 17.5 Å². The molecule has 1 atom stereocenters. The molecule has 11 heteroatoms. The van der Waals surface area contributed by atoms with Crippen molar-refractivity contribution in [1.29, 1.82) is 0 Å².